The van der Waals surface area contributed by atoms with Gasteiger partial charge in [-0.3, -0.25) is 4.79 Å². The summed E-state index contributed by atoms with van der Waals surface area (Å²) < 4.78 is 5.06. The second-order valence-corrected chi connectivity index (χ2v) is 2.94. The molecule has 0 bridgehead atoms. The largest absolute Gasteiger partial charge is 0.461 e. The Bertz CT molecular complexity index is 142. The molecule has 2 aliphatic rings. The fourth-order valence-electron chi connectivity index (χ4n) is 1.66. The summed E-state index contributed by atoms with van der Waals surface area (Å²) in [5, 5.41) is 3.27. The van der Waals surface area contributed by atoms with Gasteiger partial charge in [0.2, 0.25) is 0 Å². The van der Waals surface area contributed by atoms with E-state index in [1.54, 1.807) is 0 Å². The van der Waals surface area contributed by atoms with Crippen LogP contribution in [0.4, 0.5) is 0 Å². The Balaban J connectivity index is 2.04. The fourth-order valence-corrected chi connectivity index (χ4v) is 1.66. The topological polar surface area (TPSA) is 38.3 Å². The summed E-state index contributed by atoms with van der Waals surface area (Å²) in [5.74, 6) is -0.0376. The molecule has 0 aromatic rings. The lowest BCUT2D eigenvalue weighted by Gasteiger charge is -2.23. The summed E-state index contributed by atoms with van der Waals surface area (Å²) in [6.07, 6.45) is 2.93. The van der Waals surface area contributed by atoms with Gasteiger partial charge in [-0.1, -0.05) is 0 Å². The highest BCUT2D eigenvalue weighted by Gasteiger charge is 2.35. The number of hydrogen-bond donors (Lipinski definition) is 1. The van der Waals surface area contributed by atoms with E-state index >= 15 is 0 Å². The SMILES string of the molecule is O=C1CC2NCCCC2O1. The van der Waals surface area contributed by atoms with Crippen molar-refractivity contribution in [2.45, 2.75) is 31.4 Å². The van der Waals surface area contributed by atoms with Crippen LogP contribution in [-0.2, 0) is 9.53 Å². The summed E-state index contributed by atoms with van der Waals surface area (Å²) in [7, 11) is 0. The number of nitrogens with one attached hydrogen (secondary N) is 1. The first kappa shape index (κ1) is 6.16. The molecule has 3 nitrogen and oxygen atoms in total. The minimum Gasteiger partial charge on any atom is -0.461 e. The van der Waals surface area contributed by atoms with Gasteiger partial charge in [-0.2, -0.15) is 0 Å². The number of carbonyl (C=O) groups excluding carboxylic acids is 1. The van der Waals surface area contributed by atoms with Gasteiger partial charge in [0.25, 0.3) is 0 Å². The highest BCUT2D eigenvalue weighted by molar-refractivity contribution is 5.72. The van der Waals surface area contributed by atoms with Crippen LogP contribution < -0.4 is 5.32 Å². The number of carbonyl (C=O) groups is 1. The zero-order valence-corrected chi connectivity index (χ0v) is 5.80. The molecule has 56 valence electrons. The van der Waals surface area contributed by atoms with Crippen molar-refractivity contribution >= 4 is 5.97 Å². The molecule has 0 aromatic heterocycles. The van der Waals surface area contributed by atoms with E-state index < -0.39 is 0 Å². The van der Waals surface area contributed by atoms with E-state index in [-0.39, 0.29) is 12.1 Å². The number of ether oxygens (including phenoxy) is 1. The molecule has 0 aromatic carbocycles. The van der Waals surface area contributed by atoms with Crippen LogP contribution in [0.25, 0.3) is 0 Å². The summed E-state index contributed by atoms with van der Waals surface area (Å²) >= 11 is 0. The van der Waals surface area contributed by atoms with Crippen LogP contribution in [0.15, 0.2) is 0 Å². The Kier molecular flexibility index (Phi) is 1.38. The van der Waals surface area contributed by atoms with E-state index in [1.807, 2.05) is 0 Å². The summed E-state index contributed by atoms with van der Waals surface area (Å²) in [4.78, 5) is 10.7. The third kappa shape index (κ3) is 0.904. The minimum absolute atomic E-state index is 0.0376. The van der Waals surface area contributed by atoms with Crippen LogP contribution in [0, 0.1) is 0 Å². The third-order valence-electron chi connectivity index (χ3n) is 2.19. The smallest absolute Gasteiger partial charge is 0.307 e. The highest BCUT2D eigenvalue weighted by atomic mass is 16.6. The number of hydrogen-bond acceptors (Lipinski definition) is 3. The highest BCUT2D eigenvalue weighted by Crippen LogP contribution is 2.21. The number of rotatable bonds is 0. The number of fused-ring (bicyclic) bond motifs is 1. The predicted molar refractivity (Wildman–Crippen MR) is 35.5 cm³/mol. The van der Waals surface area contributed by atoms with Gasteiger partial charge in [0.05, 0.1) is 12.5 Å². The molecule has 2 saturated heterocycles. The van der Waals surface area contributed by atoms with Crippen molar-refractivity contribution in [1.29, 1.82) is 0 Å². The molecule has 0 saturated carbocycles. The van der Waals surface area contributed by atoms with Crippen LogP contribution in [0.2, 0.25) is 0 Å². The first-order valence-corrected chi connectivity index (χ1v) is 3.79. The van der Waals surface area contributed by atoms with Crippen molar-refractivity contribution in [3.8, 4) is 0 Å². The second kappa shape index (κ2) is 2.23. The van der Waals surface area contributed by atoms with Crippen molar-refractivity contribution in [2.75, 3.05) is 6.54 Å². The van der Waals surface area contributed by atoms with Gasteiger partial charge >= 0.3 is 5.97 Å². The third-order valence-corrected chi connectivity index (χ3v) is 2.19. The van der Waals surface area contributed by atoms with Crippen molar-refractivity contribution in [1.82, 2.24) is 5.32 Å². The molecule has 10 heavy (non-hydrogen) atoms. The first-order valence-electron chi connectivity index (χ1n) is 3.79. The normalized spacial score (nSPS) is 39.0. The van der Waals surface area contributed by atoms with Gasteiger partial charge in [-0.05, 0) is 19.4 Å². The Hall–Kier alpha value is -0.570. The van der Waals surface area contributed by atoms with E-state index in [2.05, 4.69) is 5.32 Å². The molecular formula is C7H11NO2. The number of piperidine rings is 1. The van der Waals surface area contributed by atoms with Crippen LogP contribution >= 0.6 is 0 Å². The molecular weight excluding hydrogens is 130 g/mol. The molecule has 2 aliphatic heterocycles. The lowest BCUT2D eigenvalue weighted by Crippen LogP contribution is -2.41. The van der Waals surface area contributed by atoms with Crippen LogP contribution in [0.3, 0.4) is 0 Å². The van der Waals surface area contributed by atoms with Gasteiger partial charge in [-0.25, -0.2) is 0 Å². The van der Waals surface area contributed by atoms with Crippen LogP contribution in [0.5, 0.6) is 0 Å². The average Bonchev–Trinajstić information content (AvgIpc) is 2.27. The van der Waals surface area contributed by atoms with E-state index in [9.17, 15) is 4.79 Å². The lowest BCUT2D eigenvalue weighted by molar-refractivity contribution is -0.141. The van der Waals surface area contributed by atoms with Crippen LogP contribution in [-0.4, -0.2) is 24.7 Å². The maximum Gasteiger partial charge on any atom is 0.307 e. The second-order valence-electron chi connectivity index (χ2n) is 2.94. The molecule has 2 rings (SSSR count). The predicted octanol–water partition coefficient (Wildman–Crippen LogP) is 0.0539. The fraction of sp³-hybridized carbons (Fsp3) is 0.857. The molecule has 1 N–H and O–H groups in total. The Morgan fingerprint density at radius 1 is 1.60 bits per heavy atom. The van der Waals surface area contributed by atoms with E-state index in [0.29, 0.717) is 12.5 Å². The standard InChI is InChI=1S/C7H11NO2/c9-7-4-5-6(10-7)2-1-3-8-5/h5-6,8H,1-4H2. The Morgan fingerprint density at radius 3 is 3.30 bits per heavy atom. The molecule has 0 amide bonds. The van der Waals surface area contributed by atoms with E-state index in [1.165, 1.54) is 0 Å². The summed E-state index contributed by atoms with van der Waals surface area (Å²) in [6, 6.07) is 0.321. The number of esters is 1. The molecule has 0 aliphatic carbocycles. The van der Waals surface area contributed by atoms with Crippen molar-refractivity contribution in [2.24, 2.45) is 0 Å². The van der Waals surface area contributed by atoms with Crippen molar-refractivity contribution < 1.29 is 9.53 Å². The molecule has 2 fully saturated rings. The molecule has 2 atom stereocenters. The maximum absolute atomic E-state index is 10.7. The zero-order valence-electron chi connectivity index (χ0n) is 5.80. The Labute approximate surface area is 59.7 Å². The Morgan fingerprint density at radius 2 is 2.50 bits per heavy atom. The maximum atomic E-state index is 10.7. The summed E-state index contributed by atoms with van der Waals surface area (Å²) in [5.41, 5.74) is 0. The van der Waals surface area contributed by atoms with E-state index in [0.717, 1.165) is 19.4 Å². The van der Waals surface area contributed by atoms with Gasteiger partial charge in [0, 0.05) is 0 Å². The summed E-state index contributed by atoms with van der Waals surface area (Å²) in [6.45, 7) is 1.04. The molecule has 0 spiro atoms. The minimum atomic E-state index is -0.0376. The van der Waals surface area contributed by atoms with Crippen molar-refractivity contribution in [3.05, 3.63) is 0 Å². The van der Waals surface area contributed by atoms with Crippen molar-refractivity contribution in [3.63, 3.8) is 0 Å². The molecule has 3 heteroatoms. The van der Waals surface area contributed by atoms with Crippen LogP contribution in [0.1, 0.15) is 19.3 Å². The van der Waals surface area contributed by atoms with Gasteiger partial charge in [0.15, 0.2) is 0 Å². The molecule has 2 unspecified atom stereocenters. The van der Waals surface area contributed by atoms with Gasteiger partial charge < -0.3 is 10.1 Å². The van der Waals surface area contributed by atoms with E-state index in [4.69, 9.17) is 4.74 Å². The lowest BCUT2D eigenvalue weighted by atomic mass is 10.0. The average molecular weight is 141 g/mol. The van der Waals surface area contributed by atoms with Gasteiger partial charge in [-0.15, -0.1) is 0 Å². The quantitative estimate of drug-likeness (QED) is 0.484. The monoisotopic (exact) mass is 141 g/mol. The molecule has 0 radical (unpaired) electrons. The molecule has 2 heterocycles. The zero-order chi connectivity index (χ0) is 6.97. The van der Waals surface area contributed by atoms with Gasteiger partial charge in [0.1, 0.15) is 6.10 Å². The first-order chi connectivity index (χ1) is 4.86.